The van der Waals surface area contributed by atoms with Gasteiger partial charge in [0.1, 0.15) is 5.82 Å². The summed E-state index contributed by atoms with van der Waals surface area (Å²) in [5, 5.41) is 3.44. The van der Waals surface area contributed by atoms with E-state index in [0.29, 0.717) is 11.9 Å². The van der Waals surface area contributed by atoms with Crippen molar-refractivity contribution in [1.29, 1.82) is 0 Å². The van der Waals surface area contributed by atoms with Crippen LogP contribution in [0.4, 0.5) is 11.8 Å². The zero-order chi connectivity index (χ0) is 16.4. The van der Waals surface area contributed by atoms with E-state index in [2.05, 4.69) is 29.7 Å². The zero-order valence-corrected chi connectivity index (χ0v) is 14.0. The Balaban J connectivity index is 1.57. The van der Waals surface area contributed by atoms with Crippen molar-refractivity contribution in [3.63, 3.8) is 0 Å². The second-order valence-electron chi connectivity index (χ2n) is 6.79. The summed E-state index contributed by atoms with van der Waals surface area (Å²) in [5.74, 6) is 2.09. The van der Waals surface area contributed by atoms with Crippen LogP contribution in [0.2, 0.25) is 0 Å². The number of hydrogen-bond donors (Lipinski definition) is 2. The lowest BCUT2D eigenvalue weighted by Gasteiger charge is -2.35. The summed E-state index contributed by atoms with van der Waals surface area (Å²) in [6, 6.07) is 0. The van der Waals surface area contributed by atoms with Gasteiger partial charge in [-0.2, -0.15) is 4.98 Å². The largest absolute Gasteiger partial charge is 0.368 e. The fourth-order valence-corrected chi connectivity index (χ4v) is 3.90. The molecule has 0 amide bonds. The van der Waals surface area contributed by atoms with Crippen molar-refractivity contribution in [2.45, 2.75) is 32.2 Å². The van der Waals surface area contributed by atoms with E-state index in [1.165, 1.54) is 18.4 Å². The topological polar surface area (TPSA) is 84.9 Å². The molecule has 2 aliphatic rings. The predicted octanol–water partition coefficient (Wildman–Crippen LogP) is 0.860. The van der Waals surface area contributed by atoms with Crippen molar-refractivity contribution in [2.24, 2.45) is 5.92 Å². The Morgan fingerprint density at radius 1 is 1.25 bits per heavy atom. The third kappa shape index (κ3) is 3.21. The van der Waals surface area contributed by atoms with Crippen molar-refractivity contribution < 1.29 is 0 Å². The van der Waals surface area contributed by atoms with Crippen LogP contribution in [0.15, 0.2) is 18.7 Å². The van der Waals surface area contributed by atoms with E-state index >= 15 is 0 Å². The van der Waals surface area contributed by atoms with Crippen LogP contribution in [-0.4, -0.2) is 45.7 Å². The summed E-state index contributed by atoms with van der Waals surface area (Å²) < 4.78 is 2.17. The van der Waals surface area contributed by atoms with Crippen molar-refractivity contribution >= 4 is 11.8 Å². The van der Waals surface area contributed by atoms with Crippen LogP contribution in [0.1, 0.15) is 24.1 Å². The molecule has 128 valence electrons. The van der Waals surface area contributed by atoms with Gasteiger partial charge in [-0.15, -0.1) is 0 Å². The minimum absolute atomic E-state index is 0.405. The molecule has 0 aromatic carbocycles. The molecule has 4 rings (SSSR count). The molecule has 0 bridgehead atoms. The van der Waals surface area contributed by atoms with E-state index < -0.39 is 0 Å². The minimum atomic E-state index is 0.405. The summed E-state index contributed by atoms with van der Waals surface area (Å²) >= 11 is 0. The molecule has 1 atom stereocenters. The molecule has 1 saturated heterocycles. The van der Waals surface area contributed by atoms with Gasteiger partial charge in [0.25, 0.3) is 0 Å². The summed E-state index contributed by atoms with van der Waals surface area (Å²) in [5.41, 5.74) is 8.42. The first-order valence-electron chi connectivity index (χ1n) is 8.86. The number of aromatic nitrogens is 4. The van der Waals surface area contributed by atoms with Gasteiger partial charge >= 0.3 is 0 Å². The summed E-state index contributed by atoms with van der Waals surface area (Å²) in [6.07, 6.45) is 10.1. The number of fused-ring (bicyclic) bond motifs is 1. The maximum absolute atomic E-state index is 6.00. The number of nitrogens with zero attached hydrogens (tertiary/aromatic N) is 5. The molecule has 0 radical (unpaired) electrons. The Morgan fingerprint density at radius 2 is 2.17 bits per heavy atom. The van der Waals surface area contributed by atoms with Gasteiger partial charge in [-0.3, -0.25) is 0 Å². The van der Waals surface area contributed by atoms with Gasteiger partial charge in [-0.1, -0.05) is 0 Å². The standard InChI is InChI=1S/C17H25N7/c18-17-21-15-4-6-19-5-3-14(15)16(22-17)24-8-1-2-13(11-24)10-23-9-7-20-12-23/h7,9,12-13,19H,1-6,8,10-11H2,(H2,18,21,22). The molecule has 3 N–H and O–H groups in total. The number of anilines is 2. The highest BCUT2D eigenvalue weighted by atomic mass is 15.2. The van der Waals surface area contributed by atoms with Crippen LogP contribution in [-0.2, 0) is 19.4 Å². The van der Waals surface area contributed by atoms with Crippen molar-refractivity contribution in [2.75, 3.05) is 36.8 Å². The summed E-state index contributed by atoms with van der Waals surface area (Å²) in [6.45, 7) is 5.04. The number of piperidine rings is 1. The Bertz CT molecular complexity index is 682. The number of nitrogens with two attached hydrogens (primary N) is 1. The first-order chi connectivity index (χ1) is 11.8. The number of hydrogen-bond acceptors (Lipinski definition) is 6. The average Bonchev–Trinajstić information content (AvgIpc) is 2.98. The molecule has 7 heteroatoms. The fourth-order valence-electron chi connectivity index (χ4n) is 3.90. The first-order valence-corrected chi connectivity index (χ1v) is 8.86. The van der Waals surface area contributed by atoms with Gasteiger partial charge in [0.15, 0.2) is 0 Å². The second kappa shape index (κ2) is 6.76. The molecule has 0 spiro atoms. The second-order valence-corrected chi connectivity index (χ2v) is 6.79. The van der Waals surface area contributed by atoms with Gasteiger partial charge in [0.2, 0.25) is 5.95 Å². The van der Waals surface area contributed by atoms with Crippen LogP contribution in [0.3, 0.4) is 0 Å². The third-order valence-corrected chi connectivity index (χ3v) is 5.03. The highest BCUT2D eigenvalue weighted by Gasteiger charge is 2.25. The van der Waals surface area contributed by atoms with Crippen LogP contribution in [0, 0.1) is 5.92 Å². The highest BCUT2D eigenvalue weighted by molar-refractivity contribution is 5.53. The smallest absolute Gasteiger partial charge is 0.222 e. The average molecular weight is 327 g/mol. The molecular weight excluding hydrogens is 302 g/mol. The van der Waals surface area contributed by atoms with Crippen LogP contribution >= 0.6 is 0 Å². The SMILES string of the molecule is Nc1nc2c(c(N3CCCC(Cn4ccnc4)C3)n1)CCNCC2. The van der Waals surface area contributed by atoms with Gasteiger partial charge < -0.3 is 20.5 Å². The normalized spacial score (nSPS) is 21.3. The third-order valence-electron chi connectivity index (χ3n) is 5.03. The van der Waals surface area contributed by atoms with Crippen LogP contribution in [0.25, 0.3) is 0 Å². The van der Waals surface area contributed by atoms with Gasteiger partial charge in [0, 0.05) is 50.6 Å². The molecule has 1 fully saturated rings. The van der Waals surface area contributed by atoms with Crippen molar-refractivity contribution in [1.82, 2.24) is 24.8 Å². The molecule has 2 aromatic heterocycles. The molecule has 2 aliphatic heterocycles. The van der Waals surface area contributed by atoms with E-state index in [-0.39, 0.29) is 0 Å². The Hall–Kier alpha value is -2.15. The molecular formula is C17H25N7. The lowest BCUT2D eigenvalue weighted by molar-refractivity contribution is 0.365. The summed E-state index contributed by atoms with van der Waals surface area (Å²) in [7, 11) is 0. The highest BCUT2D eigenvalue weighted by Crippen LogP contribution is 2.28. The number of imidazole rings is 1. The molecule has 24 heavy (non-hydrogen) atoms. The Kier molecular flexibility index (Phi) is 4.34. The van der Waals surface area contributed by atoms with Gasteiger partial charge in [-0.05, 0) is 31.7 Å². The Labute approximate surface area is 142 Å². The Morgan fingerprint density at radius 3 is 3.04 bits per heavy atom. The first kappa shape index (κ1) is 15.4. The minimum Gasteiger partial charge on any atom is -0.368 e. The maximum Gasteiger partial charge on any atom is 0.222 e. The van der Waals surface area contributed by atoms with E-state index in [1.807, 2.05) is 18.7 Å². The fraction of sp³-hybridized carbons (Fsp3) is 0.588. The van der Waals surface area contributed by atoms with Gasteiger partial charge in [-0.25, -0.2) is 9.97 Å². The number of nitrogen functional groups attached to an aromatic ring is 1. The number of rotatable bonds is 3. The molecule has 7 nitrogen and oxygen atoms in total. The quantitative estimate of drug-likeness (QED) is 0.870. The van der Waals surface area contributed by atoms with Crippen molar-refractivity contribution in [3.8, 4) is 0 Å². The molecule has 4 heterocycles. The molecule has 0 saturated carbocycles. The maximum atomic E-state index is 6.00. The number of nitrogens with one attached hydrogen (secondary N) is 1. The molecule has 1 unspecified atom stereocenters. The van der Waals surface area contributed by atoms with E-state index in [4.69, 9.17) is 5.73 Å². The zero-order valence-electron chi connectivity index (χ0n) is 14.0. The molecule has 2 aromatic rings. The lowest BCUT2D eigenvalue weighted by atomic mass is 9.97. The predicted molar refractivity (Wildman–Crippen MR) is 93.9 cm³/mol. The van der Waals surface area contributed by atoms with E-state index in [9.17, 15) is 0 Å². The van der Waals surface area contributed by atoms with Crippen molar-refractivity contribution in [3.05, 3.63) is 30.0 Å². The summed E-state index contributed by atoms with van der Waals surface area (Å²) in [4.78, 5) is 15.7. The van der Waals surface area contributed by atoms with Crippen LogP contribution in [0.5, 0.6) is 0 Å². The van der Waals surface area contributed by atoms with E-state index in [1.54, 1.807) is 0 Å². The van der Waals surface area contributed by atoms with E-state index in [0.717, 1.165) is 57.1 Å². The molecule has 0 aliphatic carbocycles. The van der Waals surface area contributed by atoms with Gasteiger partial charge in [0.05, 0.1) is 12.0 Å². The lowest BCUT2D eigenvalue weighted by Crippen LogP contribution is -2.38. The van der Waals surface area contributed by atoms with Crippen LogP contribution < -0.4 is 16.0 Å². The monoisotopic (exact) mass is 327 g/mol.